The number of Topliss-reactive ketones (excluding diaryl/α,β-unsaturated/α-hetero) is 1. The third-order valence-electron chi connectivity index (χ3n) is 6.48. The molecule has 0 radical (unpaired) electrons. The summed E-state index contributed by atoms with van der Waals surface area (Å²) in [6.07, 6.45) is 6.15. The van der Waals surface area contributed by atoms with E-state index in [0.29, 0.717) is 13.0 Å². The smallest absolute Gasteiger partial charge is 0.191 e. The zero-order valence-electron chi connectivity index (χ0n) is 19.9. The number of carbonyl (C=O) groups excluding carboxylic acids is 1. The summed E-state index contributed by atoms with van der Waals surface area (Å²) in [6.45, 7) is 14.3. The van der Waals surface area contributed by atoms with Crippen LogP contribution >= 0.6 is 0 Å². The van der Waals surface area contributed by atoms with Crippen LogP contribution in [-0.2, 0) is 13.9 Å². The van der Waals surface area contributed by atoms with Gasteiger partial charge in [-0.05, 0) is 37.4 Å². The summed E-state index contributed by atoms with van der Waals surface area (Å²) in [5, 5.41) is 0.205. The minimum absolute atomic E-state index is 0.0868. The van der Waals surface area contributed by atoms with Crippen LogP contribution in [0.2, 0.25) is 18.1 Å². The van der Waals surface area contributed by atoms with Crippen LogP contribution in [0.25, 0.3) is 0 Å². The maximum atomic E-state index is 12.7. The Bertz CT molecular complexity index is 638. The molecule has 0 aromatic heterocycles. The molecule has 1 fully saturated rings. The predicted octanol–water partition coefficient (Wildman–Crippen LogP) is 6.75. The second kappa shape index (κ2) is 11.6. The molecule has 1 aromatic carbocycles. The molecule has 5 heteroatoms. The standard InChI is InChI=1S/C25H42O4Si/c1-7-8-10-15-24-28-21(16-17-27-30(5,6)25(2,3)4)18-22(29-24)19-23(26)20-13-11-9-12-14-20/h9,11-14,21-22,24H,7-8,10,15-19H2,1-6H3. The second-order valence-electron chi connectivity index (χ2n) is 10.1. The van der Waals surface area contributed by atoms with Crippen LogP contribution in [0.5, 0.6) is 0 Å². The number of ketones is 1. The van der Waals surface area contributed by atoms with Crippen molar-refractivity contribution in [1.29, 1.82) is 0 Å². The minimum Gasteiger partial charge on any atom is -0.417 e. The number of hydrogen-bond donors (Lipinski definition) is 0. The zero-order chi connectivity index (χ0) is 22.2. The number of rotatable bonds is 11. The summed E-state index contributed by atoms with van der Waals surface area (Å²) in [4.78, 5) is 12.7. The Morgan fingerprint density at radius 3 is 2.37 bits per heavy atom. The van der Waals surface area contributed by atoms with Gasteiger partial charge in [0.15, 0.2) is 20.4 Å². The second-order valence-corrected chi connectivity index (χ2v) is 14.9. The van der Waals surface area contributed by atoms with Gasteiger partial charge in [0, 0.05) is 25.0 Å². The van der Waals surface area contributed by atoms with Crippen LogP contribution in [-0.4, -0.2) is 39.2 Å². The van der Waals surface area contributed by atoms with Gasteiger partial charge >= 0.3 is 0 Å². The summed E-state index contributed by atoms with van der Waals surface area (Å²) in [6, 6.07) is 9.51. The largest absolute Gasteiger partial charge is 0.417 e. The highest BCUT2D eigenvalue weighted by atomic mass is 28.4. The summed E-state index contributed by atoms with van der Waals surface area (Å²) < 4.78 is 18.8. The van der Waals surface area contributed by atoms with Crippen molar-refractivity contribution in [2.75, 3.05) is 6.61 Å². The Hall–Kier alpha value is -1.01. The molecule has 3 unspecified atom stereocenters. The minimum atomic E-state index is -1.76. The lowest BCUT2D eigenvalue weighted by molar-refractivity contribution is -0.245. The fourth-order valence-electron chi connectivity index (χ4n) is 3.49. The molecule has 1 aromatic rings. The van der Waals surface area contributed by atoms with Crippen LogP contribution in [0.15, 0.2) is 30.3 Å². The normalized spacial score (nSPS) is 22.8. The van der Waals surface area contributed by atoms with Gasteiger partial charge in [0.2, 0.25) is 0 Å². The van der Waals surface area contributed by atoms with E-state index in [2.05, 4.69) is 40.8 Å². The molecule has 1 aliphatic rings. The lowest BCUT2D eigenvalue weighted by atomic mass is 9.99. The van der Waals surface area contributed by atoms with Crippen molar-refractivity contribution in [1.82, 2.24) is 0 Å². The van der Waals surface area contributed by atoms with Gasteiger partial charge in [-0.25, -0.2) is 0 Å². The summed E-state index contributed by atoms with van der Waals surface area (Å²) in [7, 11) is -1.76. The van der Waals surface area contributed by atoms with E-state index in [0.717, 1.165) is 31.2 Å². The van der Waals surface area contributed by atoms with E-state index in [1.807, 2.05) is 30.3 Å². The number of hydrogen-bond acceptors (Lipinski definition) is 4. The molecule has 30 heavy (non-hydrogen) atoms. The van der Waals surface area contributed by atoms with Gasteiger partial charge in [-0.15, -0.1) is 0 Å². The molecule has 1 heterocycles. The molecule has 0 saturated carbocycles. The summed E-state index contributed by atoms with van der Waals surface area (Å²) >= 11 is 0. The third kappa shape index (κ3) is 7.91. The van der Waals surface area contributed by atoms with E-state index in [1.165, 1.54) is 12.8 Å². The van der Waals surface area contributed by atoms with Crippen LogP contribution in [0.4, 0.5) is 0 Å². The highest BCUT2D eigenvalue weighted by Gasteiger charge is 2.37. The Morgan fingerprint density at radius 1 is 1.07 bits per heavy atom. The Balaban J connectivity index is 1.94. The predicted molar refractivity (Wildman–Crippen MR) is 125 cm³/mol. The maximum absolute atomic E-state index is 12.7. The van der Waals surface area contributed by atoms with Crippen molar-refractivity contribution in [3.05, 3.63) is 35.9 Å². The lowest BCUT2D eigenvalue weighted by Crippen LogP contribution is -2.43. The average molecular weight is 435 g/mol. The molecule has 1 saturated heterocycles. The molecule has 3 atom stereocenters. The molecular weight excluding hydrogens is 392 g/mol. The Morgan fingerprint density at radius 2 is 1.73 bits per heavy atom. The Kier molecular flexibility index (Phi) is 9.73. The molecule has 170 valence electrons. The van der Waals surface area contributed by atoms with Crippen molar-refractivity contribution in [2.24, 2.45) is 0 Å². The van der Waals surface area contributed by atoms with Crippen LogP contribution < -0.4 is 0 Å². The van der Waals surface area contributed by atoms with E-state index in [1.54, 1.807) is 0 Å². The molecule has 1 aliphatic heterocycles. The monoisotopic (exact) mass is 434 g/mol. The fraction of sp³-hybridized carbons (Fsp3) is 0.720. The molecule has 4 nitrogen and oxygen atoms in total. The molecule has 0 amide bonds. The van der Waals surface area contributed by atoms with E-state index in [4.69, 9.17) is 13.9 Å². The van der Waals surface area contributed by atoms with E-state index in [9.17, 15) is 4.79 Å². The van der Waals surface area contributed by atoms with Gasteiger partial charge < -0.3 is 13.9 Å². The third-order valence-corrected chi connectivity index (χ3v) is 11.0. The molecular formula is C25H42O4Si. The van der Waals surface area contributed by atoms with Gasteiger partial charge in [-0.1, -0.05) is 70.9 Å². The first-order valence-electron chi connectivity index (χ1n) is 11.7. The van der Waals surface area contributed by atoms with Crippen molar-refractivity contribution in [2.45, 2.75) is 109 Å². The first-order chi connectivity index (χ1) is 14.1. The first-order valence-corrected chi connectivity index (χ1v) is 14.6. The first kappa shape index (κ1) is 25.2. The lowest BCUT2D eigenvalue weighted by Gasteiger charge is -2.38. The molecule has 0 aliphatic carbocycles. The van der Waals surface area contributed by atoms with Crippen molar-refractivity contribution < 1.29 is 18.7 Å². The van der Waals surface area contributed by atoms with Gasteiger partial charge in [0.1, 0.15) is 0 Å². The van der Waals surface area contributed by atoms with Gasteiger partial charge in [-0.3, -0.25) is 4.79 Å². The zero-order valence-corrected chi connectivity index (χ0v) is 20.9. The number of benzene rings is 1. The maximum Gasteiger partial charge on any atom is 0.191 e. The molecule has 0 spiro atoms. The van der Waals surface area contributed by atoms with Crippen LogP contribution in [0.3, 0.4) is 0 Å². The number of ether oxygens (including phenoxy) is 2. The highest BCUT2D eigenvalue weighted by molar-refractivity contribution is 6.74. The van der Waals surface area contributed by atoms with Crippen LogP contribution in [0.1, 0.15) is 83.0 Å². The van der Waals surface area contributed by atoms with Crippen molar-refractivity contribution in [3.8, 4) is 0 Å². The highest BCUT2D eigenvalue weighted by Crippen LogP contribution is 2.37. The summed E-state index contributed by atoms with van der Waals surface area (Å²) in [5.41, 5.74) is 0.757. The van der Waals surface area contributed by atoms with Crippen LogP contribution in [0, 0.1) is 0 Å². The topological polar surface area (TPSA) is 44.8 Å². The average Bonchev–Trinajstić information content (AvgIpc) is 2.68. The molecule has 0 N–H and O–H groups in total. The van der Waals surface area contributed by atoms with Crippen molar-refractivity contribution in [3.63, 3.8) is 0 Å². The quantitative estimate of drug-likeness (QED) is 0.219. The molecule has 0 bridgehead atoms. The van der Waals surface area contributed by atoms with E-state index < -0.39 is 8.32 Å². The molecule has 2 rings (SSSR count). The van der Waals surface area contributed by atoms with Crippen molar-refractivity contribution >= 4 is 14.1 Å². The van der Waals surface area contributed by atoms with E-state index >= 15 is 0 Å². The Labute approximate surface area is 184 Å². The summed E-state index contributed by atoms with van der Waals surface area (Å²) in [5.74, 6) is 0.145. The number of carbonyl (C=O) groups is 1. The van der Waals surface area contributed by atoms with Gasteiger partial charge in [0.05, 0.1) is 12.2 Å². The van der Waals surface area contributed by atoms with Gasteiger partial charge in [-0.2, -0.15) is 0 Å². The van der Waals surface area contributed by atoms with E-state index in [-0.39, 0.29) is 29.3 Å². The SMILES string of the molecule is CCCCCC1OC(CCO[Si](C)(C)C(C)(C)C)CC(CC(=O)c2ccccc2)O1. The van der Waals surface area contributed by atoms with Gasteiger partial charge in [0.25, 0.3) is 0 Å². The fourth-order valence-corrected chi connectivity index (χ4v) is 4.55. The number of unbranched alkanes of at least 4 members (excludes halogenated alkanes) is 2.